The Balaban J connectivity index is 1.57. The number of aromatic nitrogens is 2. The number of ether oxygens (including phenoxy) is 2. The third-order valence-corrected chi connectivity index (χ3v) is 2.84. The number of aromatic amines is 1. The smallest absolute Gasteiger partial charge is 0.231 e. The summed E-state index contributed by atoms with van der Waals surface area (Å²) in [6.07, 6.45) is 1.85. The number of hydrogen-bond donors (Lipinski definition) is 2. The highest BCUT2D eigenvalue weighted by Crippen LogP contribution is 2.32. The first-order chi connectivity index (χ1) is 8.81. The second-order valence-corrected chi connectivity index (χ2v) is 4.29. The fourth-order valence-electron chi connectivity index (χ4n) is 1.95. The Labute approximate surface area is 105 Å². The summed E-state index contributed by atoms with van der Waals surface area (Å²) in [6.45, 7) is 3.82. The molecule has 2 heterocycles. The lowest BCUT2D eigenvalue weighted by Gasteiger charge is -2.04. The normalized spacial score (nSPS) is 12.9. The molecule has 1 aromatic heterocycles. The number of fused-ring (bicyclic) bond motifs is 1. The van der Waals surface area contributed by atoms with E-state index in [1.165, 1.54) is 5.56 Å². The first-order valence-corrected chi connectivity index (χ1v) is 5.91. The molecule has 0 saturated heterocycles. The number of benzene rings is 1. The molecule has 0 fully saturated rings. The van der Waals surface area contributed by atoms with Gasteiger partial charge in [-0.05, 0) is 24.6 Å². The van der Waals surface area contributed by atoms with Gasteiger partial charge in [-0.3, -0.25) is 0 Å². The first kappa shape index (κ1) is 11.1. The summed E-state index contributed by atoms with van der Waals surface area (Å²) in [4.78, 5) is 7.34. The van der Waals surface area contributed by atoms with Crippen LogP contribution in [-0.4, -0.2) is 16.8 Å². The lowest BCUT2D eigenvalue weighted by molar-refractivity contribution is 0.174. The van der Waals surface area contributed by atoms with E-state index in [-0.39, 0.29) is 0 Å². The summed E-state index contributed by atoms with van der Waals surface area (Å²) in [5.41, 5.74) is 2.27. The Morgan fingerprint density at radius 1 is 1.28 bits per heavy atom. The Morgan fingerprint density at radius 3 is 3.00 bits per heavy atom. The molecule has 18 heavy (non-hydrogen) atoms. The van der Waals surface area contributed by atoms with Crippen molar-refractivity contribution in [2.24, 2.45) is 0 Å². The number of aryl methyl sites for hydroxylation is 1. The van der Waals surface area contributed by atoms with Crippen molar-refractivity contribution < 1.29 is 9.47 Å². The lowest BCUT2D eigenvalue weighted by atomic mass is 10.2. The molecule has 0 radical (unpaired) electrons. The quantitative estimate of drug-likeness (QED) is 0.861. The SMILES string of the molecule is Cc1ncc(CNCc2ccc3c(c2)OCO3)[nH]1. The van der Waals surface area contributed by atoms with Gasteiger partial charge in [0, 0.05) is 25.0 Å². The third kappa shape index (κ3) is 2.31. The van der Waals surface area contributed by atoms with Crippen LogP contribution in [0.2, 0.25) is 0 Å². The number of hydrogen-bond acceptors (Lipinski definition) is 4. The Bertz CT molecular complexity index is 551. The second-order valence-electron chi connectivity index (χ2n) is 4.29. The monoisotopic (exact) mass is 245 g/mol. The molecule has 3 rings (SSSR count). The van der Waals surface area contributed by atoms with Crippen molar-refractivity contribution in [3.8, 4) is 11.5 Å². The average Bonchev–Trinajstić information content (AvgIpc) is 2.97. The number of nitrogens with one attached hydrogen (secondary N) is 2. The van der Waals surface area contributed by atoms with Gasteiger partial charge in [0.2, 0.25) is 6.79 Å². The second kappa shape index (κ2) is 4.70. The minimum Gasteiger partial charge on any atom is -0.454 e. The minimum atomic E-state index is 0.319. The van der Waals surface area contributed by atoms with E-state index in [9.17, 15) is 0 Å². The van der Waals surface area contributed by atoms with Crippen molar-refractivity contribution in [1.82, 2.24) is 15.3 Å². The van der Waals surface area contributed by atoms with Crippen LogP contribution < -0.4 is 14.8 Å². The topological polar surface area (TPSA) is 59.2 Å². The van der Waals surface area contributed by atoms with Gasteiger partial charge >= 0.3 is 0 Å². The van der Waals surface area contributed by atoms with Crippen LogP contribution in [-0.2, 0) is 13.1 Å². The molecular formula is C13H15N3O2. The number of imidazole rings is 1. The van der Waals surface area contributed by atoms with E-state index in [2.05, 4.69) is 15.3 Å². The molecular weight excluding hydrogens is 230 g/mol. The van der Waals surface area contributed by atoms with Crippen molar-refractivity contribution in [1.29, 1.82) is 0 Å². The molecule has 0 amide bonds. The van der Waals surface area contributed by atoms with Crippen molar-refractivity contribution in [2.75, 3.05) is 6.79 Å². The van der Waals surface area contributed by atoms with Crippen molar-refractivity contribution >= 4 is 0 Å². The summed E-state index contributed by atoms with van der Waals surface area (Å²) in [7, 11) is 0. The van der Waals surface area contributed by atoms with Crippen LogP contribution in [0.5, 0.6) is 11.5 Å². The maximum atomic E-state index is 5.34. The molecule has 5 heteroatoms. The minimum absolute atomic E-state index is 0.319. The Hall–Kier alpha value is -2.01. The van der Waals surface area contributed by atoms with Crippen LogP contribution in [0.15, 0.2) is 24.4 Å². The maximum absolute atomic E-state index is 5.34. The zero-order valence-electron chi connectivity index (χ0n) is 10.2. The van der Waals surface area contributed by atoms with E-state index in [4.69, 9.17) is 9.47 Å². The van der Waals surface area contributed by atoms with Gasteiger partial charge < -0.3 is 19.8 Å². The van der Waals surface area contributed by atoms with Gasteiger partial charge in [0.1, 0.15) is 5.82 Å². The van der Waals surface area contributed by atoms with Gasteiger partial charge in [0.15, 0.2) is 11.5 Å². The Morgan fingerprint density at radius 2 is 2.17 bits per heavy atom. The summed E-state index contributed by atoms with van der Waals surface area (Å²) in [5, 5.41) is 3.35. The van der Waals surface area contributed by atoms with E-state index >= 15 is 0 Å². The molecule has 0 spiro atoms. The van der Waals surface area contributed by atoms with E-state index in [0.717, 1.165) is 36.1 Å². The highest BCUT2D eigenvalue weighted by molar-refractivity contribution is 5.44. The van der Waals surface area contributed by atoms with Gasteiger partial charge in [-0.25, -0.2) is 4.98 Å². The molecule has 0 saturated carbocycles. The predicted molar refractivity (Wildman–Crippen MR) is 66.4 cm³/mol. The molecule has 1 aromatic carbocycles. The van der Waals surface area contributed by atoms with Gasteiger partial charge in [0.05, 0.1) is 0 Å². The van der Waals surface area contributed by atoms with E-state index in [1.54, 1.807) is 0 Å². The van der Waals surface area contributed by atoms with Gasteiger partial charge in [0.25, 0.3) is 0 Å². The van der Waals surface area contributed by atoms with E-state index in [0.29, 0.717) is 6.79 Å². The summed E-state index contributed by atoms with van der Waals surface area (Å²) < 4.78 is 10.6. The molecule has 0 aliphatic carbocycles. The molecule has 0 atom stereocenters. The standard InChI is InChI=1S/C13H15N3O2/c1-9-15-7-11(16-9)6-14-5-10-2-3-12-13(4-10)18-8-17-12/h2-4,7,14H,5-6,8H2,1H3,(H,15,16). The molecule has 2 aromatic rings. The van der Waals surface area contributed by atoms with Crippen LogP contribution in [0, 0.1) is 6.92 Å². The zero-order valence-corrected chi connectivity index (χ0v) is 10.2. The third-order valence-electron chi connectivity index (χ3n) is 2.84. The maximum Gasteiger partial charge on any atom is 0.231 e. The van der Waals surface area contributed by atoms with Crippen LogP contribution >= 0.6 is 0 Å². The largest absolute Gasteiger partial charge is 0.454 e. The van der Waals surface area contributed by atoms with Crippen molar-refractivity contribution in [3.63, 3.8) is 0 Å². The van der Waals surface area contributed by atoms with E-state index < -0.39 is 0 Å². The van der Waals surface area contributed by atoms with Crippen LogP contribution in [0.3, 0.4) is 0 Å². The molecule has 0 bridgehead atoms. The highest BCUT2D eigenvalue weighted by Gasteiger charge is 2.12. The summed E-state index contributed by atoms with van der Waals surface area (Å²) in [6, 6.07) is 5.99. The fourth-order valence-corrected chi connectivity index (χ4v) is 1.95. The highest BCUT2D eigenvalue weighted by atomic mass is 16.7. The van der Waals surface area contributed by atoms with E-state index in [1.807, 2.05) is 31.3 Å². The summed E-state index contributed by atoms with van der Waals surface area (Å²) >= 11 is 0. The molecule has 1 aliphatic rings. The zero-order chi connectivity index (χ0) is 12.4. The molecule has 5 nitrogen and oxygen atoms in total. The lowest BCUT2D eigenvalue weighted by Crippen LogP contribution is -2.12. The molecule has 1 aliphatic heterocycles. The number of H-pyrrole nitrogens is 1. The Kier molecular flexibility index (Phi) is 2.90. The number of nitrogens with zero attached hydrogens (tertiary/aromatic N) is 1. The van der Waals surface area contributed by atoms with Gasteiger partial charge in [-0.2, -0.15) is 0 Å². The van der Waals surface area contributed by atoms with Crippen molar-refractivity contribution in [3.05, 3.63) is 41.5 Å². The predicted octanol–water partition coefficient (Wildman–Crippen LogP) is 1.74. The average molecular weight is 245 g/mol. The first-order valence-electron chi connectivity index (χ1n) is 5.91. The van der Waals surface area contributed by atoms with Gasteiger partial charge in [-0.15, -0.1) is 0 Å². The molecule has 94 valence electrons. The number of rotatable bonds is 4. The summed E-state index contributed by atoms with van der Waals surface area (Å²) in [5.74, 6) is 2.59. The van der Waals surface area contributed by atoms with Crippen LogP contribution in [0.25, 0.3) is 0 Å². The van der Waals surface area contributed by atoms with Crippen LogP contribution in [0.1, 0.15) is 17.1 Å². The van der Waals surface area contributed by atoms with Gasteiger partial charge in [-0.1, -0.05) is 6.07 Å². The molecule has 2 N–H and O–H groups in total. The van der Waals surface area contributed by atoms with Crippen LogP contribution in [0.4, 0.5) is 0 Å². The van der Waals surface area contributed by atoms with Crippen molar-refractivity contribution in [2.45, 2.75) is 20.0 Å². The fraction of sp³-hybridized carbons (Fsp3) is 0.308. The molecule has 0 unspecified atom stereocenters.